The van der Waals surface area contributed by atoms with E-state index < -0.39 is 0 Å². The van der Waals surface area contributed by atoms with Gasteiger partial charge in [0.2, 0.25) is 0 Å². The Hall–Kier alpha value is -0.120. The highest BCUT2D eigenvalue weighted by atomic mass is 79.9. The lowest BCUT2D eigenvalue weighted by molar-refractivity contribution is 0.176. The molecule has 0 aliphatic carbocycles. The van der Waals surface area contributed by atoms with Crippen LogP contribution in [0.25, 0.3) is 0 Å². The summed E-state index contributed by atoms with van der Waals surface area (Å²) in [6.45, 7) is 4.94. The third-order valence-corrected chi connectivity index (χ3v) is 4.75. The van der Waals surface area contributed by atoms with Gasteiger partial charge in [-0.1, -0.05) is 46.6 Å². The molecule has 1 unspecified atom stereocenters. The molecule has 2 rings (SSSR count). The van der Waals surface area contributed by atoms with Crippen LogP contribution in [-0.2, 0) is 6.54 Å². The van der Waals surface area contributed by atoms with E-state index in [2.05, 4.69) is 27.8 Å². The van der Waals surface area contributed by atoms with Gasteiger partial charge in [0.1, 0.15) is 5.82 Å². The van der Waals surface area contributed by atoms with Gasteiger partial charge in [-0.15, -0.1) is 0 Å². The molecule has 0 bridgehead atoms. The van der Waals surface area contributed by atoms with Crippen molar-refractivity contribution in [2.45, 2.75) is 31.1 Å². The average Bonchev–Trinajstić information content (AvgIpc) is 2.36. The predicted octanol–water partition coefficient (Wildman–Crippen LogP) is 4.47. The summed E-state index contributed by atoms with van der Waals surface area (Å²) in [5.74, 6) is 0.473. The molecule has 100 valence electrons. The minimum Gasteiger partial charge on any atom is -0.299 e. The molecule has 0 aromatic heterocycles. The van der Waals surface area contributed by atoms with Crippen LogP contribution in [0.4, 0.5) is 4.39 Å². The van der Waals surface area contributed by atoms with Crippen LogP contribution < -0.4 is 0 Å². The summed E-state index contributed by atoms with van der Waals surface area (Å²) in [6, 6.07) is 5.23. The Bertz CT molecular complexity index is 403. The van der Waals surface area contributed by atoms with Gasteiger partial charge in [0.15, 0.2) is 0 Å². The van der Waals surface area contributed by atoms with E-state index in [1.54, 1.807) is 6.07 Å². The van der Waals surface area contributed by atoms with Gasteiger partial charge in [-0.05, 0) is 37.9 Å². The third-order valence-electron chi connectivity index (χ3n) is 3.71. The maximum Gasteiger partial charge on any atom is 0.146 e. The summed E-state index contributed by atoms with van der Waals surface area (Å²) in [5.41, 5.74) is 0.702. The van der Waals surface area contributed by atoms with E-state index in [-0.39, 0.29) is 10.8 Å². The van der Waals surface area contributed by atoms with Crippen molar-refractivity contribution in [1.29, 1.82) is 0 Å². The molecule has 1 aromatic carbocycles. The smallest absolute Gasteiger partial charge is 0.146 e. The summed E-state index contributed by atoms with van der Waals surface area (Å²) in [5, 5.41) is 0.219. The summed E-state index contributed by atoms with van der Waals surface area (Å²) in [7, 11) is 0. The van der Waals surface area contributed by atoms with Crippen LogP contribution in [0, 0.1) is 11.7 Å². The molecule has 0 N–H and O–H groups in total. The monoisotopic (exact) mass is 333 g/mol. The molecule has 1 atom stereocenters. The Morgan fingerprint density at radius 1 is 1.44 bits per heavy atom. The van der Waals surface area contributed by atoms with E-state index in [9.17, 15) is 4.39 Å². The molecular weight excluding hydrogens is 317 g/mol. The normalized spacial score (nSPS) is 20.0. The molecule has 0 radical (unpaired) electrons. The molecule has 0 amide bonds. The van der Waals surface area contributed by atoms with Crippen LogP contribution in [0.5, 0.6) is 0 Å². The number of likely N-dealkylation sites (tertiary alicyclic amines) is 1. The molecule has 1 saturated heterocycles. The van der Waals surface area contributed by atoms with Crippen LogP contribution in [0.15, 0.2) is 18.2 Å². The van der Waals surface area contributed by atoms with E-state index in [4.69, 9.17) is 11.6 Å². The number of hydrogen-bond acceptors (Lipinski definition) is 1. The van der Waals surface area contributed by atoms with Crippen molar-refractivity contribution in [1.82, 2.24) is 4.90 Å². The number of hydrogen-bond donors (Lipinski definition) is 0. The van der Waals surface area contributed by atoms with Crippen molar-refractivity contribution in [3.05, 3.63) is 34.6 Å². The first-order valence-corrected chi connectivity index (χ1v) is 7.66. The zero-order valence-electron chi connectivity index (χ0n) is 10.5. The SMILES string of the molecule is CC(Br)C1CCN(Cc2cccc(Cl)c2F)CC1. The van der Waals surface area contributed by atoms with E-state index >= 15 is 0 Å². The van der Waals surface area contributed by atoms with Crippen molar-refractivity contribution in [3.8, 4) is 0 Å². The number of benzene rings is 1. The number of piperidine rings is 1. The summed E-state index contributed by atoms with van der Waals surface area (Å²) >= 11 is 9.44. The zero-order chi connectivity index (χ0) is 13.1. The molecule has 1 aromatic rings. The van der Waals surface area contributed by atoms with Crippen molar-refractivity contribution in [2.24, 2.45) is 5.92 Å². The largest absolute Gasteiger partial charge is 0.299 e. The van der Waals surface area contributed by atoms with E-state index in [1.807, 2.05) is 12.1 Å². The van der Waals surface area contributed by atoms with Gasteiger partial charge in [0.05, 0.1) is 5.02 Å². The molecule has 1 aliphatic heterocycles. The van der Waals surface area contributed by atoms with Crippen LogP contribution in [0.1, 0.15) is 25.3 Å². The molecule has 1 nitrogen and oxygen atoms in total. The maximum absolute atomic E-state index is 13.8. The van der Waals surface area contributed by atoms with Crippen LogP contribution in [0.2, 0.25) is 5.02 Å². The lowest BCUT2D eigenvalue weighted by Gasteiger charge is -2.33. The van der Waals surface area contributed by atoms with Gasteiger partial charge in [-0.2, -0.15) is 0 Å². The summed E-state index contributed by atoms with van der Waals surface area (Å²) in [6.07, 6.45) is 2.35. The fourth-order valence-corrected chi connectivity index (χ4v) is 3.20. The van der Waals surface area contributed by atoms with Crippen molar-refractivity contribution < 1.29 is 4.39 Å². The van der Waals surface area contributed by atoms with E-state index in [0.717, 1.165) is 19.0 Å². The van der Waals surface area contributed by atoms with E-state index in [0.29, 0.717) is 16.9 Å². The Labute approximate surface area is 121 Å². The van der Waals surface area contributed by atoms with Crippen molar-refractivity contribution in [3.63, 3.8) is 0 Å². The van der Waals surface area contributed by atoms with Crippen LogP contribution in [0.3, 0.4) is 0 Å². The van der Waals surface area contributed by atoms with Crippen LogP contribution in [-0.4, -0.2) is 22.8 Å². The Morgan fingerprint density at radius 3 is 2.72 bits per heavy atom. The van der Waals surface area contributed by atoms with Gasteiger partial charge < -0.3 is 0 Å². The van der Waals surface area contributed by atoms with Gasteiger partial charge >= 0.3 is 0 Å². The van der Waals surface area contributed by atoms with Gasteiger partial charge in [0.25, 0.3) is 0 Å². The Balaban J connectivity index is 1.94. The summed E-state index contributed by atoms with van der Waals surface area (Å²) in [4.78, 5) is 2.88. The van der Waals surface area contributed by atoms with Crippen molar-refractivity contribution >= 4 is 27.5 Å². The minimum absolute atomic E-state index is 0.219. The fourth-order valence-electron chi connectivity index (χ4n) is 2.48. The number of halogens is 3. The summed E-state index contributed by atoms with van der Waals surface area (Å²) < 4.78 is 13.8. The maximum atomic E-state index is 13.8. The molecular formula is C14H18BrClFN. The second-order valence-electron chi connectivity index (χ2n) is 5.00. The number of nitrogens with zero attached hydrogens (tertiary/aromatic N) is 1. The highest BCUT2D eigenvalue weighted by molar-refractivity contribution is 9.09. The number of alkyl halides is 1. The van der Waals surface area contributed by atoms with Gasteiger partial charge in [-0.3, -0.25) is 4.90 Å². The van der Waals surface area contributed by atoms with Gasteiger partial charge in [-0.25, -0.2) is 4.39 Å². The average molecular weight is 335 g/mol. The second-order valence-corrected chi connectivity index (χ2v) is 6.86. The molecule has 4 heteroatoms. The minimum atomic E-state index is -0.268. The topological polar surface area (TPSA) is 3.24 Å². The Kier molecular flexibility index (Phi) is 5.05. The van der Waals surface area contributed by atoms with Crippen LogP contribution >= 0.6 is 27.5 Å². The molecule has 1 aliphatic rings. The first-order chi connectivity index (χ1) is 8.58. The highest BCUT2D eigenvalue weighted by Gasteiger charge is 2.23. The molecule has 1 heterocycles. The van der Waals surface area contributed by atoms with Gasteiger partial charge in [0, 0.05) is 16.9 Å². The van der Waals surface area contributed by atoms with Crippen molar-refractivity contribution in [2.75, 3.05) is 13.1 Å². The zero-order valence-corrected chi connectivity index (χ0v) is 12.8. The standard InChI is InChI=1S/C14H18BrClFN/c1-10(15)11-5-7-18(8-6-11)9-12-3-2-4-13(16)14(12)17/h2-4,10-11H,5-9H2,1H3. The lowest BCUT2D eigenvalue weighted by atomic mass is 9.94. The first-order valence-electron chi connectivity index (χ1n) is 6.37. The predicted molar refractivity (Wildman–Crippen MR) is 77.8 cm³/mol. The molecule has 0 saturated carbocycles. The highest BCUT2D eigenvalue weighted by Crippen LogP contribution is 2.26. The first kappa shape index (κ1) is 14.3. The molecule has 1 fully saturated rings. The molecule has 0 spiro atoms. The third kappa shape index (κ3) is 3.46. The van der Waals surface area contributed by atoms with E-state index in [1.165, 1.54) is 12.8 Å². The number of rotatable bonds is 3. The second kappa shape index (κ2) is 6.36. The molecule has 18 heavy (non-hydrogen) atoms. The lowest BCUT2D eigenvalue weighted by Crippen LogP contribution is -2.35. The Morgan fingerprint density at radius 2 is 2.11 bits per heavy atom. The fraction of sp³-hybridized carbons (Fsp3) is 0.571. The quantitative estimate of drug-likeness (QED) is 0.737.